The zero-order valence-corrected chi connectivity index (χ0v) is 17.6. The van der Waals surface area contributed by atoms with Gasteiger partial charge in [0.25, 0.3) is 0 Å². The van der Waals surface area contributed by atoms with Gasteiger partial charge in [0.2, 0.25) is 0 Å². The van der Waals surface area contributed by atoms with E-state index in [1.807, 2.05) is 0 Å². The van der Waals surface area contributed by atoms with E-state index in [-0.39, 0.29) is 17.8 Å². The van der Waals surface area contributed by atoms with Crippen molar-refractivity contribution in [2.75, 3.05) is 0 Å². The summed E-state index contributed by atoms with van der Waals surface area (Å²) in [5, 5.41) is 0. The van der Waals surface area contributed by atoms with Gasteiger partial charge >= 0.3 is 11.9 Å². The minimum atomic E-state index is -1.18. The zero-order valence-electron chi connectivity index (χ0n) is 17.6. The van der Waals surface area contributed by atoms with E-state index in [2.05, 4.69) is 13.5 Å². The molecule has 0 amide bonds. The van der Waals surface area contributed by atoms with Gasteiger partial charge in [0, 0.05) is 6.42 Å². The van der Waals surface area contributed by atoms with Crippen molar-refractivity contribution in [3.63, 3.8) is 0 Å². The van der Waals surface area contributed by atoms with Gasteiger partial charge in [-0.15, -0.1) is 0 Å². The summed E-state index contributed by atoms with van der Waals surface area (Å²) in [6, 6.07) is 0. The van der Waals surface area contributed by atoms with Crippen molar-refractivity contribution in [3.8, 4) is 0 Å². The molecule has 26 heavy (non-hydrogen) atoms. The number of allylic oxidation sites excluding steroid dienone is 1. The molecule has 0 aliphatic heterocycles. The topological polar surface area (TPSA) is 69.7 Å². The maximum atomic E-state index is 12.5. The van der Waals surface area contributed by atoms with Crippen LogP contribution in [0.2, 0.25) is 0 Å². The van der Waals surface area contributed by atoms with Gasteiger partial charge in [-0.25, -0.2) is 0 Å². The Morgan fingerprint density at radius 3 is 1.69 bits per heavy atom. The van der Waals surface area contributed by atoms with Crippen LogP contribution in [0.3, 0.4) is 0 Å². The Bertz CT molecular complexity index is 477. The molecule has 0 aromatic rings. The van der Waals surface area contributed by atoms with Gasteiger partial charge in [0.05, 0.1) is 0 Å². The normalized spacial score (nSPS) is 12.0. The fraction of sp³-hybridized carbons (Fsp3) is 0.762. The van der Waals surface area contributed by atoms with Crippen LogP contribution in [0.5, 0.6) is 0 Å². The SMILES string of the molecule is C=C(CC(C(=O)OC(C)(C)C)C(=O)OC(C)(C)C)C(=O)CCCCCC. The first-order chi connectivity index (χ1) is 11.8. The number of hydrogen-bond donors (Lipinski definition) is 0. The molecule has 0 aliphatic carbocycles. The monoisotopic (exact) mass is 368 g/mol. The van der Waals surface area contributed by atoms with Gasteiger partial charge in [-0.3, -0.25) is 14.4 Å². The number of esters is 2. The van der Waals surface area contributed by atoms with Crippen LogP contribution in [0.15, 0.2) is 12.2 Å². The second kappa shape index (κ2) is 10.5. The molecule has 0 saturated heterocycles. The molecule has 0 radical (unpaired) electrons. The molecule has 0 unspecified atom stereocenters. The van der Waals surface area contributed by atoms with Crippen molar-refractivity contribution < 1.29 is 23.9 Å². The second-order valence-corrected chi connectivity index (χ2v) is 8.66. The summed E-state index contributed by atoms with van der Waals surface area (Å²) in [5.74, 6) is -2.67. The van der Waals surface area contributed by atoms with Gasteiger partial charge < -0.3 is 9.47 Å². The third-order valence-electron chi connectivity index (χ3n) is 3.48. The Hall–Kier alpha value is -1.65. The van der Waals surface area contributed by atoms with Gasteiger partial charge in [-0.2, -0.15) is 0 Å². The third kappa shape index (κ3) is 11.1. The van der Waals surface area contributed by atoms with Crippen LogP contribution in [0.25, 0.3) is 0 Å². The quantitative estimate of drug-likeness (QED) is 0.240. The van der Waals surface area contributed by atoms with Crippen LogP contribution in [-0.4, -0.2) is 28.9 Å². The van der Waals surface area contributed by atoms with E-state index in [9.17, 15) is 14.4 Å². The number of carbonyl (C=O) groups excluding carboxylic acids is 3. The van der Waals surface area contributed by atoms with E-state index in [0.717, 1.165) is 25.7 Å². The summed E-state index contributed by atoms with van der Waals surface area (Å²) in [7, 11) is 0. The number of hydrogen-bond acceptors (Lipinski definition) is 5. The number of unbranched alkanes of at least 4 members (excludes halogenated alkanes) is 3. The summed E-state index contributed by atoms with van der Waals surface area (Å²) in [6.07, 6.45) is 4.25. The molecule has 0 saturated carbocycles. The van der Waals surface area contributed by atoms with Crippen LogP contribution in [0, 0.1) is 5.92 Å². The van der Waals surface area contributed by atoms with Crippen molar-refractivity contribution in [1.29, 1.82) is 0 Å². The molecule has 0 spiro atoms. The summed E-state index contributed by atoms with van der Waals surface area (Å²) in [4.78, 5) is 37.2. The standard InChI is InChI=1S/C21H36O5/c1-9-10-11-12-13-17(22)15(2)14-16(18(23)25-20(3,4)5)19(24)26-21(6,7)8/h16H,2,9-14H2,1,3-8H3. The van der Waals surface area contributed by atoms with E-state index in [4.69, 9.17) is 9.47 Å². The number of ketones is 1. The van der Waals surface area contributed by atoms with E-state index >= 15 is 0 Å². The lowest BCUT2D eigenvalue weighted by molar-refractivity contribution is -0.174. The lowest BCUT2D eigenvalue weighted by Gasteiger charge is -2.26. The van der Waals surface area contributed by atoms with E-state index < -0.39 is 29.1 Å². The molecule has 5 nitrogen and oxygen atoms in total. The van der Waals surface area contributed by atoms with Crippen LogP contribution in [0.1, 0.15) is 87.0 Å². The van der Waals surface area contributed by atoms with Crippen molar-refractivity contribution in [3.05, 3.63) is 12.2 Å². The maximum Gasteiger partial charge on any atom is 0.321 e. The van der Waals surface area contributed by atoms with Crippen molar-refractivity contribution in [2.45, 2.75) is 98.2 Å². The predicted octanol–water partition coefficient (Wildman–Crippen LogP) is 4.77. The second-order valence-electron chi connectivity index (χ2n) is 8.66. The number of rotatable bonds is 10. The zero-order chi connectivity index (χ0) is 20.5. The molecule has 0 aromatic heterocycles. The Morgan fingerprint density at radius 2 is 1.31 bits per heavy atom. The Balaban J connectivity index is 5.04. The van der Waals surface area contributed by atoms with Crippen LogP contribution < -0.4 is 0 Å². The van der Waals surface area contributed by atoms with Gasteiger partial charge in [-0.1, -0.05) is 32.8 Å². The first-order valence-corrected chi connectivity index (χ1v) is 9.43. The predicted molar refractivity (Wildman–Crippen MR) is 103 cm³/mol. The first-order valence-electron chi connectivity index (χ1n) is 9.43. The number of Topliss-reactive ketones (excluding diaryl/α,β-unsaturated/α-hetero) is 1. The van der Waals surface area contributed by atoms with Gasteiger partial charge in [-0.05, 0) is 60.0 Å². The smallest absolute Gasteiger partial charge is 0.321 e. The fourth-order valence-corrected chi connectivity index (χ4v) is 2.26. The molecule has 150 valence electrons. The molecular formula is C21H36O5. The fourth-order valence-electron chi connectivity index (χ4n) is 2.26. The molecular weight excluding hydrogens is 332 g/mol. The van der Waals surface area contributed by atoms with E-state index in [1.54, 1.807) is 41.5 Å². The minimum absolute atomic E-state index is 0.0730. The Kier molecular flexibility index (Phi) is 9.82. The average molecular weight is 369 g/mol. The van der Waals surface area contributed by atoms with Crippen molar-refractivity contribution >= 4 is 17.7 Å². The summed E-state index contributed by atoms with van der Waals surface area (Å²) >= 11 is 0. The Labute approximate surface area is 158 Å². The molecule has 5 heteroatoms. The molecule has 0 rings (SSSR count). The largest absolute Gasteiger partial charge is 0.459 e. The highest BCUT2D eigenvalue weighted by molar-refractivity contribution is 6.00. The molecule has 0 atom stereocenters. The van der Waals surface area contributed by atoms with Crippen LogP contribution >= 0.6 is 0 Å². The number of ether oxygens (including phenoxy) is 2. The maximum absolute atomic E-state index is 12.5. The summed E-state index contributed by atoms with van der Waals surface area (Å²) in [6.45, 7) is 16.3. The molecule has 0 aromatic carbocycles. The average Bonchev–Trinajstić information content (AvgIpc) is 2.44. The van der Waals surface area contributed by atoms with E-state index in [0.29, 0.717) is 6.42 Å². The van der Waals surface area contributed by atoms with E-state index in [1.165, 1.54) is 0 Å². The molecule has 0 fully saturated rings. The third-order valence-corrected chi connectivity index (χ3v) is 3.48. The summed E-state index contributed by atoms with van der Waals surface area (Å²) < 4.78 is 10.7. The highest BCUT2D eigenvalue weighted by Crippen LogP contribution is 2.22. The van der Waals surface area contributed by atoms with Crippen LogP contribution in [0.4, 0.5) is 0 Å². The van der Waals surface area contributed by atoms with Gasteiger partial charge in [0.1, 0.15) is 11.2 Å². The Morgan fingerprint density at radius 1 is 0.846 bits per heavy atom. The molecule has 0 bridgehead atoms. The minimum Gasteiger partial charge on any atom is -0.459 e. The lowest BCUT2D eigenvalue weighted by Crippen LogP contribution is -2.37. The van der Waals surface area contributed by atoms with Gasteiger partial charge in [0.15, 0.2) is 11.7 Å². The van der Waals surface area contributed by atoms with Crippen molar-refractivity contribution in [1.82, 2.24) is 0 Å². The highest BCUT2D eigenvalue weighted by atomic mass is 16.6. The molecule has 0 aliphatic rings. The molecule has 0 N–H and O–H groups in total. The molecule has 0 heterocycles. The van der Waals surface area contributed by atoms with Crippen LogP contribution in [-0.2, 0) is 23.9 Å². The first kappa shape index (κ1) is 24.4. The highest BCUT2D eigenvalue weighted by Gasteiger charge is 2.35. The lowest BCUT2D eigenvalue weighted by atomic mass is 9.95. The number of carbonyl (C=O) groups is 3. The summed E-state index contributed by atoms with van der Waals surface area (Å²) in [5.41, 5.74) is -1.20. The van der Waals surface area contributed by atoms with Crippen molar-refractivity contribution in [2.24, 2.45) is 5.92 Å².